The number of halogens is 3. The second-order valence-electron chi connectivity index (χ2n) is 10.2. The Bertz CT molecular complexity index is 1500. The SMILES string of the molecule is CC1CN(c2cccc3c2CN(c2ccc(C(F)(F)F)cc2)CC3)CCN1C(=O)Cn1cnc2cccnc21. The third-order valence-corrected chi connectivity index (χ3v) is 7.78. The highest BCUT2D eigenvalue weighted by Crippen LogP contribution is 2.35. The van der Waals surface area contributed by atoms with Crippen LogP contribution in [0.4, 0.5) is 24.5 Å². The molecule has 0 spiro atoms. The van der Waals surface area contributed by atoms with Crippen LogP contribution in [0.1, 0.15) is 23.6 Å². The van der Waals surface area contributed by atoms with Crippen LogP contribution < -0.4 is 9.80 Å². The Kier molecular flexibility index (Phi) is 6.40. The van der Waals surface area contributed by atoms with Crippen molar-refractivity contribution < 1.29 is 18.0 Å². The minimum absolute atomic E-state index is 0.0134. The molecule has 1 amide bonds. The molecule has 0 saturated carbocycles. The molecule has 4 aromatic rings. The van der Waals surface area contributed by atoms with E-state index < -0.39 is 11.7 Å². The van der Waals surface area contributed by atoms with Crippen molar-refractivity contribution in [3.8, 4) is 0 Å². The van der Waals surface area contributed by atoms with Crippen molar-refractivity contribution in [3.63, 3.8) is 0 Å². The lowest BCUT2D eigenvalue weighted by atomic mass is 9.96. The number of hydrogen-bond donors (Lipinski definition) is 0. The Morgan fingerprint density at radius 2 is 1.79 bits per heavy atom. The molecule has 1 atom stereocenters. The summed E-state index contributed by atoms with van der Waals surface area (Å²) >= 11 is 0. The van der Waals surface area contributed by atoms with Crippen LogP contribution in [0.25, 0.3) is 11.2 Å². The molecule has 0 N–H and O–H groups in total. The van der Waals surface area contributed by atoms with Crippen LogP contribution in [-0.2, 0) is 30.5 Å². The summed E-state index contributed by atoms with van der Waals surface area (Å²) in [6.07, 6.45) is -0.157. The zero-order valence-electron chi connectivity index (χ0n) is 21.6. The van der Waals surface area contributed by atoms with Crippen LogP contribution >= 0.6 is 0 Å². The molecule has 4 heterocycles. The number of piperazine rings is 1. The molecule has 39 heavy (non-hydrogen) atoms. The first-order chi connectivity index (χ1) is 18.8. The van der Waals surface area contributed by atoms with Crippen molar-refractivity contribution in [2.75, 3.05) is 36.0 Å². The summed E-state index contributed by atoms with van der Waals surface area (Å²) in [5, 5.41) is 0. The lowest BCUT2D eigenvalue weighted by molar-refractivity contribution is -0.137. The largest absolute Gasteiger partial charge is 0.416 e. The zero-order valence-corrected chi connectivity index (χ0v) is 21.6. The van der Waals surface area contributed by atoms with Gasteiger partial charge in [-0.25, -0.2) is 9.97 Å². The van der Waals surface area contributed by atoms with Crippen LogP contribution in [-0.4, -0.2) is 57.6 Å². The number of carbonyl (C=O) groups excluding carboxylic acids is 1. The van der Waals surface area contributed by atoms with Gasteiger partial charge in [0.25, 0.3) is 0 Å². The maximum atomic E-state index is 13.2. The maximum Gasteiger partial charge on any atom is 0.416 e. The summed E-state index contributed by atoms with van der Waals surface area (Å²) in [4.78, 5) is 28.3. The van der Waals surface area contributed by atoms with Crippen LogP contribution in [0.2, 0.25) is 0 Å². The van der Waals surface area contributed by atoms with Crippen molar-refractivity contribution in [2.24, 2.45) is 0 Å². The van der Waals surface area contributed by atoms with E-state index in [-0.39, 0.29) is 18.5 Å². The van der Waals surface area contributed by atoms with Crippen LogP contribution in [0, 0.1) is 0 Å². The van der Waals surface area contributed by atoms with Crippen LogP contribution in [0.5, 0.6) is 0 Å². The Labute approximate surface area is 224 Å². The topological polar surface area (TPSA) is 57.5 Å². The molecule has 2 aromatic heterocycles. The van der Waals surface area contributed by atoms with Crippen molar-refractivity contribution in [2.45, 2.75) is 38.7 Å². The third kappa shape index (κ3) is 4.91. The first-order valence-electron chi connectivity index (χ1n) is 13.1. The Morgan fingerprint density at radius 1 is 0.974 bits per heavy atom. The highest BCUT2D eigenvalue weighted by Gasteiger charge is 2.32. The molecule has 1 fully saturated rings. The van der Waals surface area contributed by atoms with Gasteiger partial charge in [0.2, 0.25) is 5.91 Å². The molecule has 0 radical (unpaired) electrons. The van der Waals surface area contributed by atoms with Crippen LogP contribution in [0.3, 0.4) is 0 Å². The van der Waals surface area contributed by atoms with Gasteiger partial charge in [-0.15, -0.1) is 0 Å². The normalized spacial score (nSPS) is 17.9. The van der Waals surface area contributed by atoms with Gasteiger partial charge in [-0.1, -0.05) is 12.1 Å². The summed E-state index contributed by atoms with van der Waals surface area (Å²) in [5.41, 5.74) is 5.21. The number of fused-ring (bicyclic) bond motifs is 2. The fourth-order valence-corrected chi connectivity index (χ4v) is 5.74. The number of pyridine rings is 1. The zero-order chi connectivity index (χ0) is 27.1. The predicted octanol–water partition coefficient (Wildman–Crippen LogP) is 4.75. The predicted molar refractivity (Wildman–Crippen MR) is 144 cm³/mol. The second kappa shape index (κ2) is 9.91. The molecule has 7 nitrogen and oxygen atoms in total. The molecule has 2 aliphatic rings. The molecular formula is C29H29F3N6O. The highest BCUT2D eigenvalue weighted by molar-refractivity contribution is 5.79. The van der Waals surface area contributed by atoms with Gasteiger partial charge < -0.3 is 19.3 Å². The number of imidazole rings is 1. The fraction of sp³-hybridized carbons (Fsp3) is 0.345. The van der Waals surface area contributed by atoms with Gasteiger partial charge in [0.05, 0.1) is 11.9 Å². The van der Waals surface area contributed by atoms with Crippen LogP contribution in [0.15, 0.2) is 67.1 Å². The minimum atomic E-state index is -4.34. The van der Waals surface area contributed by atoms with Gasteiger partial charge in [-0.3, -0.25) is 4.79 Å². The summed E-state index contributed by atoms with van der Waals surface area (Å²) < 4.78 is 40.9. The molecule has 1 unspecified atom stereocenters. The molecule has 1 saturated heterocycles. The maximum absolute atomic E-state index is 13.2. The van der Waals surface area contributed by atoms with E-state index in [1.54, 1.807) is 29.2 Å². The second-order valence-corrected chi connectivity index (χ2v) is 10.2. The molecule has 6 rings (SSSR count). The number of rotatable bonds is 4. The van der Waals surface area contributed by atoms with E-state index in [1.165, 1.54) is 11.1 Å². The summed E-state index contributed by atoms with van der Waals surface area (Å²) in [5.74, 6) is 0.0377. The van der Waals surface area contributed by atoms with Crippen molar-refractivity contribution in [1.82, 2.24) is 19.4 Å². The van der Waals surface area contributed by atoms with Gasteiger partial charge in [-0.05, 0) is 66.9 Å². The number of aromatic nitrogens is 3. The number of hydrogen-bond acceptors (Lipinski definition) is 5. The first-order valence-corrected chi connectivity index (χ1v) is 13.1. The quantitative estimate of drug-likeness (QED) is 0.378. The van der Waals surface area contributed by atoms with Crippen molar-refractivity contribution in [1.29, 1.82) is 0 Å². The lowest BCUT2D eigenvalue weighted by Gasteiger charge is -2.43. The number of benzene rings is 2. The lowest BCUT2D eigenvalue weighted by Crippen LogP contribution is -2.55. The highest BCUT2D eigenvalue weighted by atomic mass is 19.4. The van der Waals surface area contributed by atoms with E-state index >= 15 is 0 Å². The van der Waals surface area contributed by atoms with E-state index in [1.807, 2.05) is 17.0 Å². The average molecular weight is 535 g/mol. The number of anilines is 2. The summed E-state index contributed by atoms with van der Waals surface area (Å²) in [6, 6.07) is 15.5. The molecule has 10 heteroatoms. The average Bonchev–Trinajstić information content (AvgIpc) is 3.34. The molecule has 0 aliphatic carbocycles. The van der Waals surface area contributed by atoms with E-state index in [4.69, 9.17) is 0 Å². The van der Waals surface area contributed by atoms with Crippen molar-refractivity contribution in [3.05, 3.63) is 83.8 Å². The summed E-state index contributed by atoms with van der Waals surface area (Å²) in [7, 11) is 0. The Balaban J connectivity index is 1.16. The molecule has 2 aliphatic heterocycles. The fourth-order valence-electron chi connectivity index (χ4n) is 5.74. The van der Waals surface area contributed by atoms with Gasteiger partial charge in [0.1, 0.15) is 12.1 Å². The number of nitrogens with zero attached hydrogens (tertiary/aromatic N) is 6. The standard InChI is InChI=1S/C29H29F3N6O/c1-20-16-36(14-15-38(20)27(39)18-37-19-34-25-5-3-12-33-28(25)37)26-6-2-4-21-11-13-35(17-24(21)26)23-9-7-22(8-10-23)29(30,31)32/h2-10,12,19-20H,11,13-18H2,1H3. The van der Waals surface area contributed by atoms with Gasteiger partial charge in [0, 0.05) is 56.3 Å². The number of carbonyl (C=O) groups is 1. The number of alkyl halides is 3. The Morgan fingerprint density at radius 3 is 2.56 bits per heavy atom. The Hall–Kier alpha value is -4.08. The number of amides is 1. The van der Waals surface area contributed by atoms with E-state index in [2.05, 4.69) is 44.9 Å². The molecular weight excluding hydrogens is 505 g/mol. The first kappa shape index (κ1) is 25.2. The van der Waals surface area contributed by atoms with E-state index in [9.17, 15) is 18.0 Å². The van der Waals surface area contributed by atoms with Gasteiger partial charge in [0.15, 0.2) is 5.65 Å². The molecule has 0 bridgehead atoms. The van der Waals surface area contributed by atoms with Gasteiger partial charge in [-0.2, -0.15) is 13.2 Å². The molecule has 202 valence electrons. The third-order valence-electron chi connectivity index (χ3n) is 7.78. The molecule has 2 aromatic carbocycles. The van der Waals surface area contributed by atoms with Gasteiger partial charge >= 0.3 is 6.18 Å². The van der Waals surface area contributed by atoms with Crippen molar-refractivity contribution >= 4 is 28.4 Å². The smallest absolute Gasteiger partial charge is 0.367 e. The monoisotopic (exact) mass is 534 g/mol. The van der Waals surface area contributed by atoms with E-state index in [0.29, 0.717) is 31.8 Å². The van der Waals surface area contributed by atoms with E-state index in [0.717, 1.165) is 42.0 Å². The summed E-state index contributed by atoms with van der Waals surface area (Å²) in [6.45, 7) is 5.65. The minimum Gasteiger partial charge on any atom is -0.367 e.